The average molecular weight is 631 g/mol. The first-order chi connectivity index (χ1) is 21.0. The molecule has 3 N–H and O–H groups in total. The van der Waals surface area contributed by atoms with Crippen molar-refractivity contribution in [2.24, 2.45) is 4.99 Å². The van der Waals surface area contributed by atoms with Crippen LogP contribution in [0.5, 0.6) is 5.75 Å². The van der Waals surface area contributed by atoms with Crippen molar-refractivity contribution in [3.63, 3.8) is 0 Å². The Kier molecular flexibility index (Phi) is 9.28. The van der Waals surface area contributed by atoms with Gasteiger partial charge in [0.25, 0.3) is 5.91 Å². The molecule has 1 aliphatic rings. The number of carbonyl (C=O) groups is 2. The maximum atomic E-state index is 13.2. The van der Waals surface area contributed by atoms with Crippen molar-refractivity contribution >= 4 is 37.4 Å². The van der Waals surface area contributed by atoms with E-state index in [0.717, 1.165) is 22.4 Å². The van der Waals surface area contributed by atoms with Crippen molar-refractivity contribution in [2.75, 3.05) is 20.2 Å². The second-order valence-corrected chi connectivity index (χ2v) is 15.7. The number of aryl methyl sites for hydroxylation is 1. The van der Waals surface area contributed by atoms with E-state index in [4.69, 9.17) is 21.3 Å². The van der Waals surface area contributed by atoms with E-state index >= 15 is 0 Å². The highest BCUT2D eigenvalue weighted by Gasteiger charge is 2.30. The fourth-order valence-corrected chi connectivity index (χ4v) is 6.54. The predicted octanol–water partition coefficient (Wildman–Crippen LogP) is 4.35. The largest absolute Gasteiger partial charge is 0.497 e. The average Bonchev–Trinajstić information content (AvgIpc) is 3.31. The summed E-state index contributed by atoms with van der Waals surface area (Å²) in [7, 11) is -0.618. The van der Waals surface area contributed by atoms with Gasteiger partial charge in [0, 0.05) is 34.8 Å². The number of hydrogen-bond acceptors (Lipinski definition) is 7. The second kappa shape index (κ2) is 13.1. The lowest BCUT2D eigenvalue weighted by Gasteiger charge is -2.14. The maximum absolute atomic E-state index is 13.2. The van der Waals surface area contributed by atoms with Crippen LogP contribution in [0.2, 0.25) is 18.1 Å². The van der Waals surface area contributed by atoms with Crippen molar-refractivity contribution in [1.82, 2.24) is 25.4 Å². The third-order valence-corrected chi connectivity index (χ3v) is 8.74. The Balaban J connectivity index is 1.29. The molecule has 0 saturated carbocycles. The van der Waals surface area contributed by atoms with E-state index in [9.17, 15) is 14.4 Å². The van der Waals surface area contributed by atoms with Crippen LogP contribution in [0.25, 0.3) is 5.69 Å². The van der Waals surface area contributed by atoms with Gasteiger partial charge in [-0.15, -0.1) is 10.2 Å². The minimum atomic E-state index is -2.23. The minimum Gasteiger partial charge on any atom is -0.497 e. The van der Waals surface area contributed by atoms with Crippen LogP contribution >= 0.6 is 11.6 Å². The van der Waals surface area contributed by atoms with Gasteiger partial charge in [0.05, 0.1) is 24.9 Å². The third kappa shape index (κ3) is 7.24. The van der Waals surface area contributed by atoms with Gasteiger partial charge in [0.2, 0.25) is 5.91 Å². The first-order valence-corrected chi connectivity index (χ1v) is 17.9. The van der Waals surface area contributed by atoms with Gasteiger partial charge in [-0.05, 0) is 74.1 Å². The van der Waals surface area contributed by atoms with Crippen LogP contribution in [0.3, 0.4) is 0 Å². The molecule has 0 fully saturated rings. The lowest BCUT2D eigenvalue weighted by atomic mass is 10.00. The topological polar surface area (TPSA) is 131 Å². The Morgan fingerprint density at radius 3 is 2.39 bits per heavy atom. The van der Waals surface area contributed by atoms with Crippen molar-refractivity contribution in [3.8, 4) is 11.4 Å². The summed E-state index contributed by atoms with van der Waals surface area (Å²) >= 11 is 6.18. The summed E-state index contributed by atoms with van der Waals surface area (Å²) in [5.41, 5.74) is 4.69. The molecule has 1 aromatic heterocycles. The Hall–Kier alpha value is -4.32. The molecule has 3 aromatic carbocycles. The van der Waals surface area contributed by atoms with Gasteiger partial charge in [0.1, 0.15) is 17.6 Å². The molecule has 1 atom stereocenters. The van der Waals surface area contributed by atoms with Gasteiger partial charge >= 0.3 is 0 Å². The number of aromatic nitrogens is 3. The third-order valence-electron chi connectivity index (χ3n) is 7.21. The molecule has 0 bridgehead atoms. The summed E-state index contributed by atoms with van der Waals surface area (Å²) in [6, 6.07) is 20.3. The Labute approximate surface area is 262 Å². The zero-order valence-corrected chi connectivity index (χ0v) is 26.9. The van der Waals surface area contributed by atoms with E-state index < -0.39 is 14.4 Å². The summed E-state index contributed by atoms with van der Waals surface area (Å²) in [6.45, 7) is 6.13. The number of halogens is 1. The first kappa shape index (κ1) is 31.1. The molecule has 10 nitrogen and oxygen atoms in total. The molecule has 2 amide bonds. The first-order valence-electron chi connectivity index (χ1n) is 14.3. The summed E-state index contributed by atoms with van der Waals surface area (Å²) in [5, 5.41) is 15.1. The fourth-order valence-electron chi connectivity index (χ4n) is 5.18. The molecular weight excluding hydrogens is 596 g/mol. The molecular formula is C32H35ClN6O4Si. The predicted molar refractivity (Wildman–Crippen MR) is 172 cm³/mol. The number of carbonyl (C=O) groups excluding carboxylic acids is 2. The molecule has 4 aromatic rings. The minimum absolute atomic E-state index is 0.0280. The molecule has 12 heteroatoms. The highest BCUT2D eigenvalue weighted by molar-refractivity contribution is 6.69. The monoisotopic (exact) mass is 630 g/mol. The molecule has 0 unspecified atom stereocenters. The van der Waals surface area contributed by atoms with Gasteiger partial charge in [-0.1, -0.05) is 35.9 Å². The molecule has 44 heavy (non-hydrogen) atoms. The van der Waals surface area contributed by atoms with Gasteiger partial charge in [-0.2, -0.15) is 0 Å². The van der Waals surface area contributed by atoms with Crippen LogP contribution in [-0.4, -0.2) is 65.6 Å². The van der Waals surface area contributed by atoms with Crippen LogP contribution < -0.4 is 15.4 Å². The number of fused-ring (bicyclic) bond motifs is 3. The number of amides is 2. The SMILES string of the molecule is COc1ccc2c(c1)C(c1ccc(Cl)cc1)=N[C@@H](CC(=O)NCCNC(=O)c1ccc(C[Si](C)(C)O)cc1)c1nnc(C)n1-2. The molecule has 2 heterocycles. The molecule has 0 saturated heterocycles. The normalized spacial score (nSPS) is 14.1. The number of rotatable bonds is 10. The van der Waals surface area contributed by atoms with E-state index in [0.29, 0.717) is 39.7 Å². The Morgan fingerprint density at radius 1 is 1.00 bits per heavy atom. The lowest BCUT2D eigenvalue weighted by molar-refractivity contribution is -0.121. The molecule has 0 aliphatic carbocycles. The zero-order chi connectivity index (χ0) is 31.4. The number of benzene rings is 3. The summed E-state index contributed by atoms with van der Waals surface area (Å²) in [4.78, 5) is 41.0. The van der Waals surface area contributed by atoms with E-state index in [1.165, 1.54) is 0 Å². The molecule has 5 rings (SSSR count). The molecule has 228 valence electrons. The molecule has 0 radical (unpaired) electrons. The Morgan fingerprint density at radius 2 is 1.70 bits per heavy atom. The van der Waals surface area contributed by atoms with Gasteiger partial charge in [-0.3, -0.25) is 19.1 Å². The molecule has 1 aliphatic heterocycles. The van der Waals surface area contributed by atoms with Crippen LogP contribution in [0.15, 0.2) is 71.7 Å². The van der Waals surface area contributed by atoms with E-state index in [1.807, 2.05) is 67.0 Å². The number of ether oxygens (including phenoxy) is 1. The summed E-state index contributed by atoms with van der Waals surface area (Å²) in [6.07, 6.45) is 0.0280. The van der Waals surface area contributed by atoms with Gasteiger partial charge < -0.3 is 20.2 Å². The quantitative estimate of drug-likeness (QED) is 0.176. The number of aliphatic imine (C=N–C) groups is 1. The van der Waals surface area contributed by atoms with Gasteiger partial charge in [-0.25, -0.2) is 0 Å². The van der Waals surface area contributed by atoms with Crippen LogP contribution in [-0.2, 0) is 10.8 Å². The van der Waals surface area contributed by atoms with Crippen molar-refractivity contribution in [2.45, 2.75) is 38.5 Å². The standard InChI is InChI=1S/C32H35ClN6O4Si/c1-20-37-38-31-27(18-29(40)34-15-16-35-32(41)23-7-5-21(6-8-23)19-44(3,4)42)36-30(22-9-11-24(33)12-10-22)26-17-25(43-2)13-14-28(26)39(20)31/h5-14,17,27,42H,15-16,18-19H2,1-4H3,(H,34,40)(H,35,41)/t27-/m0/s1. The van der Waals surface area contributed by atoms with Crippen LogP contribution in [0, 0.1) is 6.92 Å². The van der Waals surface area contributed by atoms with Crippen LogP contribution in [0.4, 0.5) is 0 Å². The van der Waals surface area contributed by atoms with E-state index in [-0.39, 0.29) is 31.3 Å². The van der Waals surface area contributed by atoms with Crippen molar-refractivity contribution < 1.29 is 19.1 Å². The van der Waals surface area contributed by atoms with Crippen molar-refractivity contribution in [3.05, 3.63) is 106 Å². The number of hydrogen-bond donors (Lipinski definition) is 3. The maximum Gasteiger partial charge on any atom is 0.251 e. The second-order valence-electron chi connectivity index (χ2n) is 11.3. The smallest absolute Gasteiger partial charge is 0.251 e. The number of methoxy groups -OCH3 is 1. The van der Waals surface area contributed by atoms with E-state index in [2.05, 4.69) is 20.8 Å². The Bertz CT molecular complexity index is 1700. The van der Waals surface area contributed by atoms with Crippen LogP contribution in [0.1, 0.15) is 51.2 Å². The molecule has 0 spiro atoms. The highest BCUT2D eigenvalue weighted by Crippen LogP contribution is 2.34. The number of nitrogens with zero attached hydrogens (tertiary/aromatic N) is 4. The fraction of sp³-hybridized carbons (Fsp3) is 0.281. The van der Waals surface area contributed by atoms with Crippen molar-refractivity contribution in [1.29, 1.82) is 0 Å². The number of nitrogens with one attached hydrogen (secondary N) is 2. The summed E-state index contributed by atoms with van der Waals surface area (Å²) < 4.78 is 7.44. The zero-order valence-electron chi connectivity index (χ0n) is 25.1. The lowest BCUT2D eigenvalue weighted by Crippen LogP contribution is -2.35. The van der Waals surface area contributed by atoms with E-state index in [1.54, 1.807) is 31.4 Å². The highest BCUT2D eigenvalue weighted by atomic mass is 35.5. The summed E-state index contributed by atoms with van der Waals surface area (Å²) in [5.74, 6) is 1.42. The van der Waals surface area contributed by atoms with Gasteiger partial charge in [0.15, 0.2) is 14.1 Å².